The number of benzene rings is 3. The summed E-state index contributed by atoms with van der Waals surface area (Å²) in [6.45, 7) is 1.81. The summed E-state index contributed by atoms with van der Waals surface area (Å²) in [6.07, 6.45) is 0.862. The molecule has 0 amide bonds. The first kappa shape index (κ1) is 20.6. The highest BCUT2D eigenvalue weighted by molar-refractivity contribution is 6.33. The topological polar surface area (TPSA) is 51.9 Å². The smallest absolute Gasteiger partial charge is 0.336 e. The van der Waals surface area contributed by atoms with Crippen LogP contribution in [-0.2, 0) is 13.0 Å². The second kappa shape index (κ2) is 8.69. The van der Waals surface area contributed by atoms with E-state index in [1.165, 1.54) is 11.6 Å². The van der Waals surface area contributed by atoms with E-state index in [0.29, 0.717) is 29.6 Å². The molecule has 0 saturated carbocycles. The van der Waals surface area contributed by atoms with Crippen LogP contribution < -0.4 is 15.1 Å². The lowest BCUT2D eigenvalue weighted by Gasteiger charge is -2.30. The van der Waals surface area contributed by atoms with Crippen molar-refractivity contribution in [2.45, 2.75) is 13.0 Å². The molecule has 0 spiro atoms. The maximum absolute atomic E-state index is 12.4. The van der Waals surface area contributed by atoms with E-state index in [9.17, 15) is 4.79 Å². The summed E-state index contributed by atoms with van der Waals surface area (Å²) >= 11 is 6.59. The number of methoxy groups -OCH3 is 1. The van der Waals surface area contributed by atoms with Gasteiger partial charge in [0.25, 0.3) is 0 Å². The molecule has 4 aromatic rings. The molecule has 0 N–H and O–H groups in total. The number of rotatable bonds is 5. The van der Waals surface area contributed by atoms with Crippen LogP contribution in [0.25, 0.3) is 22.1 Å². The van der Waals surface area contributed by atoms with E-state index in [2.05, 4.69) is 17.0 Å². The third kappa shape index (κ3) is 3.97. The number of halogens is 1. The van der Waals surface area contributed by atoms with Gasteiger partial charge in [0.15, 0.2) is 0 Å². The molecule has 3 aromatic carbocycles. The Kier molecular flexibility index (Phi) is 5.60. The predicted molar refractivity (Wildman–Crippen MR) is 126 cm³/mol. The summed E-state index contributed by atoms with van der Waals surface area (Å²) in [5.74, 6) is 1.43. The summed E-state index contributed by atoms with van der Waals surface area (Å²) in [5.41, 5.74) is 3.90. The first-order valence-corrected chi connectivity index (χ1v) is 10.8. The van der Waals surface area contributed by atoms with Crippen molar-refractivity contribution in [3.63, 3.8) is 0 Å². The van der Waals surface area contributed by atoms with Crippen molar-refractivity contribution >= 4 is 22.6 Å². The molecule has 5 nitrogen and oxygen atoms in total. The molecule has 2 heterocycles. The van der Waals surface area contributed by atoms with Gasteiger partial charge in [0.2, 0.25) is 0 Å². The summed E-state index contributed by atoms with van der Waals surface area (Å²) < 4.78 is 16.9. The Hall–Kier alpha value is -3.28. The molecule has 0 fully saturated rings. The minimum Gasteiger partial charge on any atom is -0.497 e. The summed E-state index contributed by atoms with van der Waals surface area (Å²) in [6, 6.07) is 21.2. The summed E-state index contributed by atoms with van der Waals surface area (Å²) in [7, 11) is 1.66. The molecule has 162 valence electrons. The standard InChI is InChI=1S/C26H22ClNO4/c1-30-19-9-7-17(8-10-19)11-12-28-15-22-25-21(13-23(27)26(22)31-16-28)20(14-24(29)32-25)18-5-3-2-4-6-18/h2-10,13-14H,11-12,15-16H2,1H3. The van der Waals surface area contributed by atoms with Crippen molar-refractivity contribution < 1.29 is 13.9 Å². The van der Waals surface area contributed by atoms with Crippen molar-refractivity contribution in [3.05, 3.63) is 93.3 Å². The van der Waals surface area contributed by atoms with E-state index in [1.807, 2.05) is 48.5 Å². The lowest BCUT2D eigenvalue weighted by molar-refractivity contribution is 0.0969. The SMILES string of the molecule is COc1ccc(CCN2COc3c(Cl)cc4c(-c5ccccc5)cc(=O)oc4c3C2)cc1. The van der Waals surface area contributed by atoms with Crippen LogP contribution in [0.2, 0.25) is 5.02 Å². The van der Waals surface area contributed by atoms with E-state index in [4.69, 9.17) is 25.5 Å². The Balaban J connectivity index is 1.48. The van der Waals surface area contributed by atoms with Gasteiger partial charge in [-0.3, -0.25) is 4.90 Å². The number of hydrogen-bond acceptors (Lipinski definition) is 5. The average molecular weight is 448 g/mol. The quantitative estimate of drug-likeness (QED) is 0.377. The first-order chi connectivity index (χ1) is 15.6. The molecule has 1 aliphatic rings. The van der Waals surface area contributed by atoms with Gasteiger partial charge in [-0.15, -0.1) is 0 Å². The van der Waals surface area contributed by atoms with Crippen LogP contribution in [-0.4, -0.2) is 25.3 Å². The van der Waals surface area contributed by atoms with Crippen LogP contribution in [0, 0.1) is 0 Å². The molecule has 0 radical (unpaired) electrons. The molecular weight excluding hydrogens is 426 g/mol. The lowest BCUT2D eigenvalue weighted by Crippen LogP contribution is -2.34. The van der Waals surface area contributed by atoms with Gasteiger partial charge in [0, 0.05) is 24.5 Å². The molecule has 0 bridgehead atoms. The van der Waals surface area contributed by atoms with Crippen LogP contribution in [0.15, 0.2) is 75.9 Å². The largest absolute Gasteiger partial charge is 0.497 e. The fourth-order valence-corrected chi connectivity index (χ4v) is 4.39. The number of hydrogen-bond donors (Lipinski definition) is 0. The molecule has 1 aliphatic heterocycles. The number of nitrogens with zero attached hydrogens (tertiary/aromatic N) is 1. The third-order valence-corrected chi connectivity index (χ3v) is 6.05. The van der Waals surface area contributed by atoms with E-state index in [-0.39, 0.29) is 0 Å². The predicted octanol–water partition coefficient (Wildman–Crippen LogP) is 5.52. The number of fused-ring (bicyclic) bond motifs is 3. The van der Waals surface area contributed by atoms with E-state index in [1.54, 1.807) is 7.11 Å². The van der Waals surface area contributed by atoms with Crippen LogP contribution in [0.1, 0.15) is 11.1 Å². The first-order valence-electron chi connectivity index (χ1n) is 10.4. The fourth-order valence-electron chi connectivity index (χ4n) is 4.11. The second-order valence-electron chi connectivity index (χ2n) is 7.81. The van der Waals surface area contributed by atoms with Crippen LogP contribution >= 0.6 is 11.6 Å². The van der Waals surface area contributed by atoms with Gasteiger partial charge in [-0.2, -0.15) is 0 Å². The average Bonchev–Trinajstić information content (AvgIpc) is 2.84. The lowest BCUT2D eigenvalue weighted by atomic mass is 9.99. The third-order valence-electron chi connectivity index (χ3n) is 5.77. The highest BCUT2D eigenvalue weighted by Crippen LogP contribution is 2.41. The van der Waals surface area contributed by atoms with E-state index in [0.717, 1.165) is 40.8 Å². The molecule has 6 heteroatoms. The second-order valence-corrected chi connectivity index (χ2v) is 8.22. The summed E-state index contributed by atoms with van der Waals surface area (Å²) in [4.78, 5) is 14.6. The minimum atomic E-state index is -0.392. The van der Waals surface area contributed by atoms with Crippen molar-refractivity contribution in [1.82, 2.24) is 4.90 Å². The Labute approximate surface area is 190 Å². The molecular formula is C26H22ClNO4. The number of ether oxygens (including phenoxy) is 2. The minimum absolute atomic E-state index is 0.392. The molecule has 5 rings (SSSR count). The fraction of sp³-hybridized carbons (Fsp3) is 0.192. The molecule has 0 unspecified atom stereocenters. The van der Waals surface area contributed by atoms with Gasteiger partial charge >= 0.3 is 5.63 Å². The van der Waals surface area contributed by atoms with Crippen molar-refractivity contribution in [2.24, 2.45) is 0 Å². The molecule has 32 heavy (non-hydrogen) atoms. The van der Waals surface area contributed by atoms with Crippen LogP contribution in [0.3, 0.4) is 0 Å². The van der Waals surface area contributed by atoms with Gasteiger partial charge in [-0.05, 0) is 41.3 Å². The molecule has 0 aliphatic carbocycles. The molecule has 0 atom stereocenters. The van der Waals surface area contributed by atoms with Gasteiger partial charge in [0.1, 0.15) is 23.8 Å². The monoisotopic (exact) mass is 447 g/mol. The molecule has 1 aromatic heterocycles. The Morgan fingerprint density at radius 1 is 1.06 bits per heavy atom. The van der Waals surface area contributed by atoms with Gasteiger partial charge in [-0.1, -0.05) is 54.1 Å². The van der Waals surface area contributed by atoms with Gasteiger partial charge in [0.05, 0.1) is 17.7 Å². The highest BCUT2D eigenvalue weighted by atomic mass is 35.5. The van der Waals surface area contributed by atoms with Crippen molar-refractivity contribution in [1.29, 1.82) is 0 Å². The summed E-state index contributed by atoms with van der Waals surface area (Å²) in [5, 5.41) is 1.33. The van der Waals surface area contributed by atoms with Crippen LogP contribution in [0.4, 0.5) is 0 Å². The highest BCUT2D eigenvalue weighted by Gasteiger charge is 2.25. The normalized spacial score (nSPS) is 13.6. The maximum atomic E-state index is 12.4. The Bertz CT molecular complexity index is 1320. The zero-order valence-electron chi connectivity index (χ0n) is 17.6. The van der Waals surface area contributed by atoms with Gasteiger partial charge < -0.3 is 13.9 Å². The zero-order chi connectivity index (χ0) is 22.1. The van der Waals surface area contributed by atoms with Gasteiger partial charge in [-0.25, -0.2) is 4.79 Å². The molecule has 0 saturated heterocycles. The maximum Gasteiger partial charge on any atom is 0.336 e. The van der Waals surface area contributed by atoms with E-state index >= 15 is 0 Å². The zero-order valence-corrected chi connectivity index (χ0v) is 18.4. The van der Waals surface area contributed by atoms with E-state index < -0.39 is 5.63 Å². The van der Waals surface area contributed by atoms with Crippen molar-refractivity contribution in [2.75, 3.05) is 20.4 Å². The van der Waals surface area contributed by atoms with Crippen LogP contribution in [0.5, 0.6) is 11.5 Å². The Morgan fingerprint density at radius 2 is 1.84 bits per heavy atom. The Morgan fingerprint density at radius 3 is 2.59 bits per heavy atom. The van der Waals surface area contributed by atoms with Crippen molar-refractivity contribution in [3.8, 4) is 22.6 Å².